The van der Waals surface area contributed by atoms with Gasteiger partial charge in [-0.25, -0.2) is 0 Å². The molecule has 0 aliphatic heterocycles. The summed E-state index contributed by atoms with van der Waals surface area (Å²) in [7, 11) is 0. The molecule has 2 nitrogen and oxygen atoms in total. The normalized spacial score (nSPS) is 11.3. The van der Waals surface area contributed by atoms with Gasteiger partial charge < -0.3 is 4.57 Å². The molecule has 0 unspecified atom stereocenters. The number of benzene rings is 3. The summed E-state index contributed by atoms with van der Waals surface area (Å²) in [6.45, 7) is 0. The fourth-order valence-corrected chi connectivity index (χ4v) is 3.78. The fraction of sp³-hybridized carbons (Fsp3) is 0. The van der Waals surface area contributed by atoms with Crippen molar-refractivity contribution < 1.29 is 0 Å². The first kappa shape index (κ1) is 15.2. The standard InChI is InChI=1S/C23H15ClN2/c24-17-11-12-22-19(13-17)21-15-25-14-20(16-7-3-1-4-8-16)23(21)26(22)18-9-5-2-6-10-18/h1-15H. The van der Waals surface area contributed by atoms with Crippen molar-refractivity contribution in [2.24, 2.45) is 0 Å². The van der Waals surface area contributed by atoms with Crippen molar-refractivity contribution in [3.8, 4) is 16.8 Å². The van der Waals surface area contributed by atoms with E-state index in [1.807, 2.05) is 36.7 Å². The molecule has 5 rings (SSSR count). The molecule has 0 bridgehead atoms. The highest BCUT2D eigenvalue weighted by Crippen LogP contribution is 2.38. The van der Waals surface area contributed by atoms with Crippen molar-refractivity contribution in [2.45, 2.75) is 0 Å². The molecule has 0 amide bonds. The minimum absolute atomic E-state index is 0.731. The summed E-state index contributed by atoms with van der Waals surface area (Å²) < 4.78 is 2.30. The predicted molar refractivity (Wildman–Crippen MR) is 109 cm³/mol. The Balaban J connectivity index is 1.99. The molecular formula is C23H15ClN2. The molecule has 3 aromatic carbocycles. The van der Waals surface area contributed by atoms with Gasteiger partial charge in [-0.2, -0.15) is 0 Å². The van der Waals surface area contributed by atoms with Gasteiger partial charge in [0, 0.05) is 39.4 Å². The lowest BCUT2D eigenvalue weighted by atomic mass is 10.0. The molecule has 26 heavy (non-hydrogen) atoms. The lowest BCUT2D eigenvalue weighted by molar-refractivity contribution is 1.18. The maximum atomic E-state index is 6.30. The average Bonchev–Trinajstić information content (AvgIpc) is 3.03. The van der Waals surface area contributed by atoms with Gasteiger partial charge in [-0.1, -0.05) is 60.1 Å². The Morgan fingerprint density at radius 3 is 2.23 bits per heavy atom. The summed E-state index contributed by atoms with van der Waals surface area (Å²) in [4.78, 5) is 4.52. The molecule has 0 N–H and O–H groups in total. The van der Waals surface area contributed by atoms with Gasteiger partial charge in [0.1, 0.15) is 0 Å². The van der Waals surface area contributed by atoms with Crippen LogP contribution in [-0.2, 0) is 0 Å². The molecule has 0 aliphatic carbocycles. The lowest BCUT2D eigenvalue weighted by Crippen LogP contribution is -1.95. The van der Waals surface area contributed by atoms with E-state index in [1.54, 1.807) is 0 Å². The van der Waals surface area contributed by atoms with Crippen LogP contribution in [0.25, 0.3) is 38.6 Å². The Labute approximate surface area is 156 Å². The molecule has 2 heterocycles. The monoisotopic (exact) mass is 354 g/mol. The van der Waals surface area contributed by atoms with E-state index in [1.165, 1.54) is 0 Å². The first-order valence-electron chi connectivity index (χ1n) is 8.51. The smallest absolute Gasteiger partial charge is 0.0650 e. The zero-order chi connectivity index (χ0) is 17.5. The van der Waals surface area contributed by atoms with Crippen LogP contribution in [0.4, 0.5) is 0 Å². The Bertz CT molecular complexity index is 1230. The molecule has 124 valence electrons. The highest BCUT2D eigenvalue weighted by molar-refractivity contribution is 6.32. The summed E-state index contributed by atoms with van der Waals surface area (Å²) in [5.41, 5.74) is 5.66. The summed E-state index contributed by atoms with van der Waals surface area (Å²) in [5, 5.41) is 2.95. The SMILES string of the molecule is Clc1ccc2c(c1)c1cncc(-c3ccccc3)c1n2-c1ccccc1. The summed E-state index contributed by atoms with van der Waals surface area (Å²) >= 11 is 6.30. The predicted octanol–water partition coefficient (Wildman–Crippen LogP) is 6.50. The van der Waals surface area contributed by atoms with Gasteiger partial charge in [0.2, 0.25) is 0 Å². The zero-order valence-corrected chi connectivity index (χ0v) is 14.7. The quantitative estimate of drug-likeness (QED) is 0.354. The van der Waals surface area contributed by atoms with Crippen LogP contribution in [-0.4, -0.2) is 9.55 Å². The van der Waals surface area contributed by atoms with Crippen LogP contribution in [0.15, 0.2) is 91.3 Å². The molecule has 2 aromatic heterocycles. The number of pyridine rings is 1. The van der Waals surface area contributed by atoms with Crippen LogP contribution in [0.3, 0.4) is 0 Å². The molecule has 0 saturated carbocycles. The van der Waals surface area contributed by atoms with E-state index in [4.69, 9.17) is 11.6 Å². The molecule has 0 atom stereocenters. The first-order chi connectivity index (χ1) is 12.8. The van der Waals surface area contributed by atoms with Crippen LogP contribution in [0.1, 0.15) is 0 Å². The third-order valence-electron chi connectivity index (χ3n) is 4.73. The van der Waals surface area contributed by atoms with E-state index >= 15 is 0 Å². The summed E-state index contributed by atoms with van der Waals surface area (Å²) in [5.74, 6) is 0. The highest BCUT2D eigenvalue weighted by Gasteiger charge is 2.16. The van der Waals surface area contributed by atoms with Gasteiger partial charge in [-0.15, -0.1) is 0 Å². The van der Waals surface area contributed by atoms with Crippen molar-refractivity contribution in [2.75, 3.05) is 0 Å². The van der Waals surface area contributed by atoms with Crippen molar-refractivity contribution in [1.82, 2.24) is 9.55 Å². The van der Waals surface area contributed by atoms with Crippen molar-refractivity contribution in [3.05, 3.63) is 96.3 Å². The Hall–Kier alpha value is -3.10. The van der Waals surface area contributed by atoms with E-state index < -0.39 is 0 Å². The second-order valence-electron chi connectivity index (χ2n) is 6.28. The van der Waals surface area contributed by atoms with E-state index in [0.717, 1.165) is 43.6 Å². The van der Waals surface area contributed by atoms with Crippen LogP contribution < -0.4 is 0 Å². The van der Waals surface area contributed by atoms with Crippen molar-refractivity contribution in [1.29, 1.82) is 0 Å². The van der Waals surface area contributed by atoms with Crippen LogP contribution in [0, 0.1) is 0 Å². The number of nitrogens with zero attached hydrogens (tertiary/aromatic N) is 2. The number of halogens is 1. The Kier molecular flexibility index (Phi) is 3.51. The molecular weight excluding hydrogens is 340 g/mol. The highest BCUT2D eigenvalue weighted by atomic mass is 35.5. The van der Waals surface area contributed by atoms with Crippen molar-refractivity contribution >= 4 is 33.4 Å². The molecule has 5 aromatic rings. The number of aromatic nitrogens is 2. The van der Waals surface area contributed by atoms with Crippen LogP contribution >= 0.6 is 11.6 Å². The maximum Gasteiger partial charge on any atom is 0.0650 e. The van der Waals surface area contributed by atoms with Gasteiger partial charge in [0.25, 0.3) is 0 Å². The number of rotatable bonds is 2. The Morgan fingerprint density at radius 2 is 1.46 bits per heavy atom. The number of fused-ring (bicyclic) bond motifs is 3. The first-order valence-corrected chi connectivity index (χ1v) is 8.89. The molecule has 0 fully saturated rings. The van der Waals surface area contributed by atoms with Crippen LogP contribution in [0.2, 0.25) is 5.02 Å². The Morgan fingerprint density at radius 1 is 0.731 bits per heavy atom. The van der Waals surface area contributed by atoms with Gasteiger partial charge in [0.05, 0.1) is 11.0 Å². The molecule has 0 radical (unpaired) electrons. The molecule has 0 aliphatic rings. The largest absolute Gasteiger partial charge is 0.309 e. The lowest BCUT2D eigenvalue weighted by Gasteiger charge is -2.11. The van der Waals surface area contributed by atoms with E-state index in [-0.39, 0.29) is 0 Å². The average molecular weight is 355 g/mol. The summed E-state index contributed by atoms with van der Waals surface area (Å²) in [6, 6.07) is 26.8. The second kappa shape index (κ2) is 6.01. The number of hydrogen-bond acceptors (Lipinski definition) is 1. The molecule has 3 heteroatoms. The summed E-state index contributed by atoms with van der Waals surface area (Å²) in [6.07, 6.45) is 3.87. The fourth-order valence-electron chi connectivity index (χ4n) is 3.61. The van der Waals surface area contributed by atoms with Gasteiger partial charge in [-0.3, -0.25) is 4.98 Å². The van der Waals surface area contributed by atoms with Gasteiger partial charge in [0.15, 0.2) is 0 Å². The van der Waals surface area contributed by atoms with Gasteiger partial charge >= 0.3 is 0 Å². The number of para-hydroxylation sites is 1. The second-order valence-corrected chi connectivity index (χ2v) is 6.72. The van der Waals surface area contributed by atoms with E-state index in [0.29, 0.717) is 0 Å². The molecule has 0 saturated heterocycles. The van der Waals surface area contributed by atoms with Crippen LogP contribution in [0.5, 0.6) is 0 Å². The minimum atomic E-state index is 0.731. The van der Waals surface area contributed by atoms with E-state index in [2.05, 4.69) is 64.1 Å². The maximum absolute atomic E-state index is 6.30. The topological polar surface area (TPSA) is 17.8 Å². The van der Waals surface area contributed by atoms with Gasteiger partial charge in [-0.05, 0) is 35.9 Å². The minimum Gasteiger partial charge on any atom is -0.309 e. The zero-order valence-electron chi connectivity index (χ0n) is 13.9. The molecule has 0 spiro atoms. The third-order valence-corrected chi connectivity index (χ3v) is 4.97. The van der Waals surface area contributed by atoms with E-state index in [9.17, 15) is 0 Å². The number of hydrogen-bond donors (Lipinski definition) is 0. The third kappa shape index (κ3) is 2.31. The van der Waals surface area contributed by atoms with Crippen molar-refractivity contribution in [3.63, 3.8) is 0 Å².